The number of piperazine rings is 1. The predicted octanol–water partition coefficient (Wildman–Crippen LogP) is 1.87. The molecule has 0 bridgehead atoms. The van der Waals surface area contributed by atoms with Crippen LogP contribution in [-0.4, -0.2) is 88.8 Å². The van der Waals surface area contributed by atoms with Crippen molar-refractivity contribution in [1.82, 2.24) is 25.1 Å². The fourth-order valence-corrected chi connectivity index (χ4v) is 5.71. The first-order valence-electron chi connectivity index (χ1n) is 12.7. The molecule has 2 saturated heterocycles. The Bertz CT molecular complexity index is 1160. The van der Waals surface area contributed by atoms with E-state index >= 15 is 0 Å². The maximum Gasteiger partial charge on any atom is 0.246 e. The van der Waals surface area contributed by atoms with Crippen LogP contribution in [0.1, 0.15) is 30.4 Å². The van der Waals surface area contributed by atoms with E-state index in [1.54, 1.807) is 18.0 Å². The highest BCUT2D eigenvalue weighted by atomic mass is 16.3. The first-order valence-corrected chi connectivity index (χ1v) is 12.7. The third-order valence-electron chi connectivity index (χ3n) is 7.74. The Balaban J connectivity index is 1.46. The number of aryl methyl sites for hydroxylation is 1. The molecule has 4 aliphatic rings. The van der Waals surface area contributed by atoms with Gasteiger partial charge in [-0.1, -0.05) is 55.1 Å². The molecule has 2 heterocycles. The summed E-state index contributed by atoms with van der Waals surface area (Å²) in [6, 6.07) is 7.82. The van der Waals surface area contributed by atoms with Crippen molar-refractivity contribution in [2.24, 2.45) is 0 Å². The minimum absolute atomic E-state index is 0.0269. The van der Waals surface area contributed by atoms with Crippen molar-refractivity contribution in [3.8, 4) is 0 Å². The van der Waals surface area contributed by atoms with Crippen LogP contribution in [0.3, 0.4) is 0 Å². The van der Waals surface area contributed by atoms with Gasteiger partial charge in [-0.15, -0.1) is 0 Å². The van der Waals surface area contributed by atoms with E-state index in [1.165, 1.54) is 16.7 Å². The first kappa shape index (κ1) is 24.3. The van der Waals surface area contributed by atoms with E-state index in [1.807, 2.05) is 40.2 Å². The normalized spacial score (nSPS) is 25.8. The van der Waals surface area contributed by atoms with Crippen molar-refractivity contribution in [3.05, 3.63) is 77.7 Å². The van der Waals surface area contributed by atoms with Gasteiger partial charge in [0.05, 0.1) is 19.2 Å². The molecule has 3 atom stereocenters. The second-order valence-electron chi connectivity index (χ2n) is 9.90. The van der Waals surface area contributed by atoms with Crippen molar-refractivity contribution in [1.29, 1.82) is 0 Å². The van der Waals surface area contributed by atoms with Crippen LogP contribution in [-0.2, 0) is 16.0 Å². The van der Waals surface area contributed by atoms with Crippen LogP contribution in [0.5, 0.6) is 0 Å². The average Bonchev–Trinajstić information content (AvgIpc) is 3.22. The van der Waals surface area contributed by atoms with E-state index in [4.69, 9.17) is 0 Å². The summed E-state index contributed by atoms with van der Waals surface area (Å²) in [4.78, 5) is 30.9. The fourth-order valence-electron chi connectivity index (χ4n) is 5.71. The Morgan fingerprint density at radius 3 is 2.81 bits per heavy atom. The van der Waals surface area contributed by atoms with Crippen LogP contribution in [0.4, 0.5) is 0 Å². The van der Waals surface area contributed by atoms with E-state index in [0.717, 1.165) is 18.4 Å². The highest BCUT2D eigenvalue weighted by molar-refractivity contribution is 5.92. The number of hydrogen-bond donors (Lipinski definition) is 2. The van der Waals surface area contributed by atoms with Crippen molar-refractivity contribution >= 4 is 17.4 Å². The second-order valence-corrected chi connectivity index (χ2v) is 9.90. The first-order chi connectivity index (χ1) is 17.4. The Kier molecular flexibility index (Phi) is 6.73. The lowest BCUT2D eigenvalue weighted by Crippen LogP contribution is -2.64. The van der Waals surface area contributed by atoms with Gasteiger partial charge in [0.2, 0.25) is 11.8 Å². The summed E-state index contributed by atoms with van der Waals surface area (Å²) >= 11 is 0. The quantitative estimate of drug-likeness (QED) is 0.609. The SMILES string of the molecule is C=C(NC)N(C)N1CC(=O)N2[C@@H](CC3=CCC(O)C=C3)C(=O)N(CC3=CCCc4ccccc43)C[C@@H]21. The highest BCUT2D eigenvalue weighted by Gasteiger charge is 2.51. The summed E-state index contributed by atoms with van der Waals surface area (Å²) in [6.45, 7) is 5.20. The van der Waals surface area contributed by atoms with Gasteiger partial charge in [0.1, 0.15) is 18.0 Å². The molecule has 2 fully saturated rings. The lowest BCUT2D eigenvalue weighted by Gasteiger charge is -2.46. The van der Waals surface area contributed by atoms with Crippen LogP contribution >= 0.6 is 0 Å². The van der Waals surface area contributed by atoms with Gasteiger partial charge in [-0.25, -0.2) is 0 Å². The zero-order chi connectivity index (χ0) is 25.4. The van der Waals surface area contributed by atoms with E-state index in [9.17, 15) is 14.7 Å². The molecule has 0 aromatic heterocycles. The number of carbonyl (C=O) groups excluding carboxylic acids is 2. The second kappa shape index (κ2) is 9.95. The molecule has 2 aliphatic carbocycles. The van der Waals surface area contributed by atoms with E-state index in [2.05, 4.69) is 36.2 Å². The van der Waals surface area contributed by atoms with Crippen LogP contribution in [0.25, 0.3) is 5.57 Å². The molecule has 8 nitrogen and oxygen atoms in total. The number of nitrogens with zero attached hydrogens (tertiary/aromatic N) is 4. The van der Waals surface area contributed by atoms with Gasteiger partial charge in [0.25, 0.3) is 0 Å². The van der Waals surface area contributed by atoms with Crippen LogP contribution in [0.2, 0.25) is 0 Å². The number of rotatable bonds is 7. The minimum atomic E-state index is -0.594. The molecule has 1 aromatic rings. The topological polar surface area (TPSA) is 79.4 Å². The number of allylic oxidation sites excluding steroid dienone is 2. The van der Waals surface area contributed by atoms with Crippen molar-refractivity contribution in [3.63, 3.8) is 0 Å². The number of benzene rings is 1. The molecule has 8 heteroatoms. The van der Waals surface area contributed by atoms with Crippen molar-refractivity contribution < 1.29 is 14.7 Å². The summed E-state index contributed by atoms with van der Waals surface area (Å²) in [5, 5.41) is 16.8. The molecule has 190 valence electrons. The maximum atomic E-state index is 13.9. The number of nitrogens with one attached hydrogen (secondary N) is 1. The smallest absolute Gasteiger partial charge is 0.246 e. The molecule has 0 radical (unpaired) electrons. The molecule has 0 spiro atoms. The molecular weight excluding hydrogens is 454 g/mol. The maximum absolute atomic E-state index is 13.9. The van der Waals surface area contributed by atoms with Gasteiger partial charge in [0, 0.05) is 27.1 Å². The zero-order valence-corrected chi connectivity index (χ0v) is 21.1. The Labute approximate surface area is 212 Å². The third-order valence-corrected chi connectivity index (χ3v) is 7.74. The van der Waals surface area contributed by atoms with Crippen LogP contribution in [0, 0.1) is 0 Å². The fraction of sp³-hybridized carbons (Fsp3) is 0.429. The minimum Gasteiger partial charge on any atom is -0.389 e. The molecule has 2 aliphatic heterocycles. The van der Waals surface area contributed by atoms with Gasteiger partial charge in [0.15, 0.2) is 0 Å². The number of amides is 2. The molecule has 5 rings (SSSR count). The van der Waals surface area contributed by atoms with Crippen molar-refractivity contribution in [2.75, 3.05) is 33.7 Å². The monoisotopic (exact) mass is 489 g/mol. The molecule has 2 N–H and O–H groups in total. The number of hydrogen-bond acceptors (Lipinski definition) is 6. The number of carbonyl (C=O) groups is 2. The van der Waals surface area contributed by atoms with Gasteiger partial charge in [-0.3, -0.25) is 14.6 Å². The average molecular weight is 490 g/mol. The van der Waals surface area contributed by atoms with Gasteiger partial charge >= 0.3 is 0 Å². The number of aliphatic hydroxyl groups excluding tert-OH is 1. The molecule has 1 unspecified atom stereocenters. The summed E-state index contributed by atoms with van der Waals surface area (Å²) in [5.41, 5.74) is 4.67. The van der Waals surface area contributed by atoms with E-state index in [-0.39, 0.29) is 24.5 Å². The van der Waals surface area contributed by atoms with Crippen molar-refractivity contribution in [2.45, 2.75) is 44.0 Å². The van der Waals surface area contributed by atoms with Crippen LogP contribution < -0.4 is 5.32 Å². The lowest BCUT2D eigenvalue weighted by atomic mass is 9.90. The third kappa shape index (κ3) is 4.47. The number of aliphatic hydroxyl groups is 1. The van der Waals surface area contributed by atoms with E-state index in [0.29, 0.717) is 31.8 Å². The zero-order valence-electron chi connectivity index (χ0n) is 21.1. The number of fused-ring (bicyclic) bond motifs is 2. The van der Waals surface area contributed by atoms with Gasteiger partial charge in [-0.2, -0.15) is 5.01 Å². The Morgan fingerprint density at radius 1 is 1.25 bits per heavy atom. The highest BCUT2D eigenvalue weighted by Crippen LogP contribution is 2.34. The summed E-state index contributed by atoms with van der Waals surface area (Å²) < 4.78 is 0. The van der Waals surface area contributed by atoms with Gasteiger partial charge < -0.3 is 20.2 Å². The molecule has 2 amide bonds. The standard InChI is InChI=1S/C28H35N5O3/c1-19(29-2)30(3)32-18-27(35)33-25(15-20-11-13-23(34)14-12-20)28(36)31(17-26(32)33)16-22-9-6-8-21-7-4-5-10-24(21)22/h4-5,7,9-13,23,25-26,29,34H,1,6,8,14-18H2,2-3H3/t23?,25-,26+/m0/s1. The molecule has 36 heavy (non-hydrogen) atoms. The number of hydrazine groups is 1. The summed E-state index contributed by atoms with van der Waals surface area (Å²) in [5.74, 6) is 0.595. The predicted molar refractivity (Wildman–Crippen MR) is 139 cm³/mol. The lowest BCUT2D eigenvalue weighted by molar-refractivity contribution is -0.156. The summed E-state index contributed by atoms with van der Waals surface area (Å²) in [7, 11) is 3.69. The molecule has 0 saturated carbocycles. The molecular formula is C28H35N5O3. The Hall–Kier alpha value is -3.36. The molecule has 1 aromatic carbocycles. The summed E-state index contributed by atoms with van der Waals surface area (Å²) in [6.07, 6.45) is 10.00. The van der Waals surface area contributed by atoms with Crippen LogP contribution in [0.15, 0.2) is 66.5 Å². The Morgan fingerprint density at radius 2 is 2.06 bits per heavy atom. The largest absolute Gasteiger partial charge is 0.389 e. The van der Waals surface area contributed by atoms with Gasteiger partial charge in [-0.05, 0) is 41.5 Å². The van der Waals surface area contributed by atoms with E-state index < -0.39 is 12.1 Å².